The summed E-state index contributed by atoms with van der Waals surface area (Å²) in [5.41, 5.74) is -10.9. The molecule has 14 heteroatoms. The zero-order chi connectivity index (χ0) is 35.3. The fourth-order valence-corrected chi connectivity index (χ4v) is 13.2. The molecular weight excluding hydrogens is 656 g/mol. The van der Waals surface area contributed by atoms with Crippen LogP contribution in [-0.2, 0) is 57.1 Å². The fourth-order valence-electron chi connectivity index (χ4n) is 13.2. The van der Waals surface area contributed by atoms with E-state index in [1.807, 2.05) is 13.8 Å². The maximum Gasteiger partial charge on any atom is 0.341 e. The zero-order valence-corrected chi connectivity index (χ0v) is 28.9. The third-order valence-corrected chi connectivity index (χ3v) is 15.1. The van der Waals surface area contributed by atoms with Gasteiger partial charge in [-0.2, -0.15) is 0 Å². The van der Waals surface area contributed by atoms with Crippen molar-refractivity contribution in [3.8, 4) is 0 Å². The van der Waals surface area contributed by atoms with Crippen molar-refractivity contribution in [3.63, 3.8) is 0 Å². The predicted octanol–water partition coefficient (Wildman–Crippen LogP) is 2.78. The van der Waals surface area contributed by atoms with E-state index in [-0.39, 0.29) is 32.3 Å². The molecule has 4 bridgehead atoms. The smallest absolute Gasteiger partial charge is 0.341 e. The SMILES string of the molecule is CCC(=O)O[C@@H]1[C@@]2(O)[C@@H](OC(=O)[C@@]3(C)O[C@@H]3C)[C@@]3(C)C[C@]24OC2(C)O[C@]15[C@@H]1CC(=O)O[C@@H](c6ccoc6)[C@]1(C)CC[C@]5(O2)[C@@]41COC(=O)C[C@@H]31. The Hall–Kier alpha value is -3.04. The maximum atomic E-state index is 14.0. The number of rotatable bonds is 5. The average Bonchev–Trinajstić information content (AvgIpc) is 3.41. The molecule has 1 unspecified atom stereocenters. The second kappa shape index (κ2) is 8.76. The highest BCUT2D eigenvalue weighted by atomic mass is 16.9. The summed E-state index contributed by atoms with van der Waals surface area (Å²) in [6.07, 6.45) is -0.421. The first kappa shape index (κ1) is 31.7. The van der Waals surface area contributed by atoms with Gasteiger partial charge in [-0.25, -0.2) is 4.79 Å². The second-order valence-electron chi connectivity index (χ2n) is 17.1. The summed E-state index contributed by atoms with van der Waals surface area (Å²) in [5.74, 6) is -5.45. The normalized spacial score (nSPS) is 57.3. The van der Waals surface area contributed by atoms with Crippen molar-refractivity contribution in [2.24, 2.45) is 28.1 Å². The van der Waals surface area contributed by atoms with E-state index in [1.165, 1.54) is 12.5 Å². The Morgan fingerprint density at radius 2 is 1.66 bits per heavy atom. The zero-order valence-electron chi connectivity index (χ0n) is 28.9. The first-order valence-corrected chi connectivity index (χ1v) is 17.8. The molecule has 270 valence electrons. The Bertz CT molecular complexity index is 1780. The summed E-state index contributed by atoms with van der Waals surface area (Å²) in [5, 5.41) is 13.9. The number of aliphatic hydroxyl groups is 1. The molecule has 3 spiro atoms. The number of furan rings is 1. The van der Waals surface area contributed by atoms with Gasteiger partial charge in [0.25, 0.3) is 5.97 Å². The molecule has 1 aromatic heterocycles. The highest BCUT2D eigenvalue weighted by Crippen LogP contribution is 2.90. The van der Waals surface area contributed by atoms with Gasteiger partial charge in [-0.15, -0.1) is 0 Å². The molecule has 4 saturated carbocycles. The van der Waals surface area contributed by atoms with E-state index in [9.17, 15) is 24.3 Å². The Morgan fingerprint density at radius 3 is 2.34 bits per heavy atom. The van der Waals surface area contributed by atoms with Crippen LogP contribution in [0, 0.1) is 28.1 Å². The van der Waals surface area contributed by atoms with E-state index in [0.29, 0.717) is 18.4 Å². The lowest BCUT2D eigenvalue weighted by atomic mass is 9.33. The van der Waals surface area contributed by atoms with Crippen molar-refractivity contribution in [1.82, 2.24) is 0 Å². The first-order valence-electron chi connectivity index (χ1n) is 17.8. The Morgan fingerprint density at radius 1 is 0.940 bits per heavy atom. The fraction of sp³-hybridized carbons (Fsp3) is 0.778. The van der Waals surface area contributed by atoms with Crippen molar-refractivity contribution in [2.75, 3.05) is 6.61 Å². The molecule has 0 radical (unpaired) electrons. The van der Waals surface area contributed by atoms with Gasteiger partial charge in [-0.05, 0) is 45.1 Å². The van der Waals surface area contributed by atoms with Gasteiger partial charge in [-0.1, -0.05) is 20.8 Å². The topological polar surface area (TPSA) is 179 Å². The lowest BCUT2D eigenvalue weighted by Gasteiger charge is -2.77. The predicted molar refractivity (Wildman–Crippen MR) is 161 cm³/mol. The molecular formula is C36H42O14. The van der Waals surface area contributed by atoms with E-state index in [1.54, 1.807) is 33.8 Å². The van der Waals surface area contributed by atoms with Crippen LogP contribution in [-0.4, -0.2) is 87.9 Å². The van der Waals surface area contributed by atoms with Crippen molar-refractivity contribution < 1.29 is 66.6 Å². The molecule has 9 fully saturated rings. The molecule has 4 aliphatic carbocycles. The van der Waals surface area contributed by atoms with Gasteiger partial charge in [0.05, 0.1) is 30.5 Å². The number of hydrogen-bond acceptors (Lipinski definition) is 14. The Kier molecular flexibility index (Phi) is 5.55. The van der Waals surface area contributed by atoms with Crippen LogP contribution in [0.25, 0.3) is 0 Å². The third-order valence-electron chi connectivity index (χ3n) is 15.1. The molecule has 15 atom stereocenters. The quantitative estimate of drug-likeness (QED) is 0.270. The molecule has 5 saturated heterocycles. The van der Waals surface area contributed by atoms with Crippen LogP contribution in [0.2, 0.25) is 0 Å². The van der Waals surface area contributed by atoms with Gasteiger partial charge in [0, 0.05) is 42.1 Å². The summed E-state index contributed by atoms with van der Waals surface area (Å²) in [6, 6.07) is 1.75. The molecule has 0 amide bonds. The molecule has 1 aromatic rings. The number of epoxide rings is 1. The summed E-state index contributed by atoms with van der Waals surface area (Å²) in [4.78, 5) is 54.8. The summed E-state index contributed by atoms with van der Waals surface area (Å²) in [6.45, 7) is 10.4. The number of cyclic esters (lactones) is 2. The molecule has 10 rings (SSSR count). The van der Waals surface area contributed by atoms with Crippen LogP contribution < -0.4 is 0 Å². The van der Waals surface area contributed by atoms with Crippen molar-refractivity contribution in [3.05, 3.63) is 24.2 Å². The Labute approximate surface area is 287 Å². The van der Waals surface area contributed by atoms with E-state index >= 15 is 0 Å². The van der Waals surface area contributed by atoms with Crippen LogP contribution in [0.15, 0.2) is 23.0 Å². The van der Waals surface area contributed by atoms with Crippen molar-refractivity contribution in [2.45, 2.75) is 138 Å². The summed E-state index contributed by atoms with van der Waals surface area (Å²) in [7, 11) is 0. The molecule has 9 aliphatic rings. The standard InChI is InChI=1S/C36H42O14/c1-7-21(37)45-26-35(41)25(46-27(40)30(5)17(2)47-30)29(4)15-34(35)32(16-43-22(38)12-19(29)32)33-10-9-28(3)20(36(26,33)50-31(6,48-33)49-34)13-23(39)44-24(28)18-8-11-42-14-18/h8,11,14,17,19-20,24-26,41H,7,9-10,12-13,15-16H2,1-6H3/t17-,19+,20-,24+,25+,26-,28-,29+,30+,31?,32+,33+,34-,35+,36-/m1/s1. The molecule has 6 heterocycles. The highest BCUT2D eigenvalue weighted by molar-refractivity contribution is 5.83. The minimum Gasteiger partial charge on any atom is -0.472 e. The molecule has 0 aromatic carbocycles. The van der Waals surface area contributed by atoms with E-state index in [4.69, 9.17) is 42.3 Å². The van der Waals surface area contributed by atoms with Crippen molar-refractivity contribution in [1.29, 1.82) is 0 Å². The molecule has 5 aliphatic heterocycles. The number of carbonyl (C=O) groups is 4. The van der Waals surface area contributed by atoms with Gasteiger partial charge in [0.15, 0.2) is 17.3 Å². The second-order valence-corrected chi connectivity index (χ2v) is 17.1. The van der Waals surface area contributed by atoms with Crippen molar-refractivity contribution >= 4 is 23.9 Å². The van der Waals surface area contributed by atoms with Crippen LogP contribution in [0.5, 0.6) is 0 Å². The number of hydrogen-bond donors (Lipinski definition) is 1. The largest absolute Gasteiger partial charge is 0.472 e. The van der Waals surface area contributed by atoms with Crippen LogP contribution in [0.3, 0.4) is 0 Å². The average molecular weight is 699 g/mol. The highest BCUT2D eigenvalue weighted by Gasteiger charge is 3.05. The monoisotopic (exact) mass is 698 g/mol. The minimum atomic E-state index is -2.26. The molecule has 14 nitrogen and oxygen atoms in total. The molecule has 50 heavy (non-hydrogen) atoms. The number of ether oxygens (including phenoxy) is 8. The van der Waals surface area contributed by atoms with E-state index in [2.05, 4.69) is 0 Å². The van der Waals surface area contributed by atoms with Gasteiger partial charge in [0.2, 0.25) is 0 Å². The van der Waals surface area contributed by atoms with Crippen LogP contribution in [0.4, 0.5) is 0 Å². The van der Waals surface area contributed by atoms with Crippen LogP contribution in [0.1, 0.15) is 91.7 Å². The van der Waals surface area contributed by atoms with E-state index < -0.39 is 110 Å². The van der Waals surface area contributed by atoms with Crippen LogP contribution >= 0.6 is 0 Å². The third kappa shape index (κ3) is 2.94. The van der Waals surface area contributed by atoms with Gasteiger partial charge in [0.1, 0.15) is 35.6 Å². The first-order chi connectivity index (χ1) is 23.5. The molecule has 1 N–H and O–H groups in total. The maximum absolute atomic E-state index is 14.0. The van der Waals surface area contributed by atoms with Gasteiger partial charge >= 0.3 is 23.9 Å². The lowest BCUT2D eigenvalue weighted by Crippen LogP contribution is -2.95. The number of fused-ring (bicyclic) bond motifs is 4. The summed E-state index contributed by atoms with van der Waals surface area (Å²) >= 11 is 0. The van der Waals surface area contributed by atoms with E-state index in [0.717, 1.165) is 0 Å². The number of esters is 4. The lowest BCUT2D eigenvalue weighted by molar-refractivity contribution is -0.486. The summed E-state index contributed by atoms with van der Waals surface area (Å²) < 4.78 is 57.4. The van der Waals surface area contributed by atoms with Gasteiger partial charge < -0.3 is 47.4 Å². The Balaban J connectivity index is 1.27. The number of carbonyl (C=O) groups excluding carboxylic acids is 4. The minimum absolute atomic E-state index is 0.0419. The van der Waals surface area contributed by atoms with Gasteiger partial charge in [-0.3, -0.25) is 14.4 Å².